The summed E-state index contributed by atoms with van der Waals surface area (Å²) in [5, 5.41) is 0. The van der Waals surface area contributed by atoms with E-state index in [0.717, 1.165) is 36.0 Å². The molecule has 0 N–H and O–H groups in total. The minimum atomic E-state index is -0.00691. The molecule has 7 atom stereocenters. The molecule has 0 aliphatic heterocycles. The van der Waals surface area contributed by atoms with Crippen molar-refractivity contribution in [3.8, 4) is 0 Å². The van der Waals surface area contributed by atoms with Gasteiger partial charge in [-0.25, -0.2) is 0 Å². The summed E-state index contributed by atoms with van der Waals surface area (Å²) >= 11 is 0. The molecule has 0 saturated heterocycles. The largest absolute Gasteiger partial charge is 0.466 e. The molecule has 2 heteroatoms. The van der Waals surface area contributed by atoms with Crippen LogP contribution in [0.4, 0.5) is 0 Å². The quantitative estimate of drug-likeness (QED) is 0.319. The van der Waals surface area contributed by atoms with Crippen molar-refractivity contribution in [2.24, 2.45) is 40.4 Å². The lowest BCUT2D eigenvalue weighted by atomic mass is 9.46. The maximum atomic E-state index is 11.8. The van der Waals surface area contributed by atoms with E-state index in [9.17, 15) is 4.79 Å². The second-order valence-electron chi connectivity index (χ2n) is 11.7. The zero-order valence-corrected chi connectivity index (χ0v) is 20.8. The minimum Gasteiger partial charge on any atom is -0.466 e. The van der Waals surface area contributed by atoms with E-state index in [1.165, 1.54) is 57.8 Å². The van der Waals surface area contributed by atoms with Crippen molar-refractivity contribution in [1.29, 1.82) is 0 Å². The van der Waals surface area contributed by atoms with E-state index in [4.69, 9.17) is 4.74 Å². The van der Waals surface area contributed by atoms with Gasteiger partial charge in [0.05, 0.1) is 6.61 Å². The molecular weight excluding hydrogens is 380 g/mol. The lowest BCUT2D eigenvalue weighted by Crippen LogP contribution is -2.50. The van der Waals surface area contributed by atoms with E-state index >= 15 is 0 Å². The predicted octanol–water partition coefficient (Wildman–Crippen LogP) is 7.88. The number of carbonyl (C=O) groups excluding carboxylic acids is 1. The highest BCUT2D eigenvalue weighted by molar-refractivity contribution is 5.69. The SMILES string of the molecule is C/C=C(/C)C1CCC2(C)C(=CCC3C2CCC2(C)C(CCCC(=O)OCC)CCC32)C1. The van der Waals surface area contributed by atoms with Crippen LogP contribution < -0.4 is 0 Å². The normalized spacial score (nSPS) is 42.3. The number of hydrogen-bond acceptors (Lipinski definition) is 2. The number of allylic oxidation sites excluding steroid dienone is 4. The highest BCUT2D eigenvalue weighted by Crippen LogP contribution is 2.67. The average molecular weight is 427 g/mol. The van der Waals surface area contributed by atoms with Gasteiger partial charge in [0.1, 0.15) is 0 Å². The summed E-state index contributed by atoms with van der Waals surface area (Å²) in [6, 6.07) is 0. The topological polar surface area (TPSA) is 26.3 Å². The van der Waals surface area contributed by atoms with E-state index < -0.39 is 0 Å². The van der Waals surface area contributed by atoms with Crippen LogP contribution in [0.15, 0.2) is 23.3 Å². The molecule has 0 amide bonds. The molecule has 3 fully saturated rings. The molecule has 2 nitrogen and oxygen atoms in total. The molecule has 174 valence electrons. The lowest BCUT2D eigenvalue weighted by molar-refractivity contribution is -0.143. The first-order valence-electron chi connectivity index (χ1n) is 13.3. The molecule has 0 aromatic carbocycles. The standard InChI is InChI=1S/C29H46O2/c1-6-20(3)21-15-17-29(5)23(19-21)11-13-24-25-14-12-22(9-8-10-27(30)31-7-2)28(25,4)18-16-26(24)29/h6,11,21-22,24-26H,7-10,12-19H2,1-5H3/b20-6-. The highest BCUT2D eigenvalue weighted by Gasteiger charge is 2.58. The third kappa shape index (κ3) is 4.06. The van der Waals surface area contributed by atoms with E-state index in [0.29, 0.717) is 23.9 Å². The Kier molecular flexibility index (Phi) is 6.76. The Labute approximate surface area is 191 Å². The molecule has 4 aliphatic rings. The van der Waals surface area contributed by atoms with Gasteiger partial charge >= 0.3 is 5.97 Å². The molecule has 0 radical (unpaired) electrons. The van der Waals surface area contributed by atoms with Crippen molar-refractivity contribution >= 4 is 5.97 Å². The van der Waals surface area contributed by atoms with Crippen LogP contribution in [0.1, 0.15) is 105 Å². The smallest absolute Gasteiger partial charge is 0.305 e. The fraction of sp³-hybridized carbons (Fsp3) is 0.828. The molecule has 0 aromatic rings. The molecular formula is C29H46O2. The van der Waals surface area contributed by atoms with Crippen LogP contribution in [0.25, 0.3) is 0 Å². The number of fused-ring (bicyclic) bond motifs is 5. The number of carbonyl (C=O) groups is 1. The maximum absolute atomic E-state index is 11.8. The van der Waals surface area contributed by atoms with Crippen LogP contribution in [0.2, 0.25) is 0 Å². The molecule has 0 heterocycles. The summed E-state index contributed by atoms with van der Waals surface area (Å²) in [4.78, 5) is 11.8. The summed E-state index contributed by atoms with van der Waals surface area (Å²) in [5.74, 6) is 4.26. The van der Waals surface area contributed by atoms with Crippen LogP contribution in [-0.4, -0.2) is 12.6 Å². The Morgan fingerprint density at radius 2 is 1.97 bits per heavy atom. The van der Waals surface area contributed by atoms with Gasteiger partial charge in [0.2, 0.25) is 0 Å². The first-order valence-corrected chi connectivity index (χ1v) is 13.3. The monoisotopic (exact) mass is 426 g/mol. The van der Waals surface area contributed by atoms with Gasteiger partial charge in [0.15, 0.2) is 0 Å². The first kappa shape index (κ1) is 23.1. The van der Waals surface area contributed by atoms with Crippen molar-refractivity contribution in [2.75, 3.05) is 6.61 Å². The third-order valence-corrected chi connectivity index (χ3v) is 10.6. The van der Waals surface area contributed by atoms with Crippen molar-refractivity contribution < 1.29 is 9.53 Å². The number of rotatable bonds is 6. The Morgan fingerprint density at radius 1 is 1.16 bits per heavy atom. The predicted molar refractivity (Wildman–Crippen MR) is 129 cm³/mol. The van der Waals surface area contributed by atoms with E-state index in [1.54, 1.807) is 11.1 Å². The zero-order valence-electron chi connectivity index (χ0n) is 20.8. The number of hydrogen-bond donors (Lipinski definition) is 0. The second-order valence-corrected chi connectivity index (χ2v) is 11.7. The van der Waals surface area contributed by atoms with Crippen LogP contribution >= 0.6 is 0 Å². The van der Waals surface area contributed by atoms with Crippen LogP contribution in [0.5, 0.6) is 0 Å². The molecule has 4 aliphatic carbocycles. The molecule has 0 aromatic heterocycles. The molecule has 31 heavy (non-hydrogen) atoms. The minimum absolute atomic E-state index is 0.00691. The highest BCUT2D eigenvalue weighted by atomic mass is 16.5. The Balaban J connectivity index is 1.44. The third-order valence-electron chi connectivity index (χ3n) is 10.6. The van der Waals surface area contributed by atoms with Crippen molar-refractivity contribution in [1.82, 2.24) is 0 Å². The van der Waals surface area contributed by atoms with Gasteiger partial charge in [0, 0.05) is 6.42 Å². The van der Waals surface area contributed by atoms with Gasteiger partial charge < -0.3 is 4.74 Å². The van der Waals surface area contributed by atoms with Gasteiger partial charge in [-0.05, 0) is 125 Å². The van der Waals surface area contributed by atoms with Gasteiger partial charge in [-0.15, -0.1) is 0 Å². The van der Waals surface area contributed by atoms with Crippen LogP contribution in [-0.2, 0) is 9.53 Å². The molecule has 0 spiro atoms. The molecule has 4 rings (SSSR count). The summed E-state index contributed by atoms with van der Waals surface area (Å²) in [5.41, 5.74) is 4.36. The Bertz CT molecular complexity index is 733. The number of esters is 1. The summed E-state index contributed by atoms with van der Waals surface area (Å²) in [7, 11) is 0. The van der Waals surface area contributed by atoms with Crippen LogP contribution in [0, 0.1) is 40.4 Å². The molecule has 7 unspecified atom stereocenters. The Morgan fingerprint density at radius 3 is 2.71 bits per heavy atom. The van der Waals surface area contributed by atoms with Crippen molar-refractivity contribution in [3.63, 3.8) is 0 Å². The zero-order chi connectivity index (χ0) is 22.2. The molecule has 3 saturated carbocycles. The van der Waals surface area contributed by atoms with E-state index in [1.807, 2.05) is 6.92 Å². The lowest BCUT2D eigenvalue weighted by Gasteiger charge is -2.58. The summed E-state index contributed by atoms with van der Waals surface area (Å²) in [6.07, 6.45) is 18.9. The van der Waals surface area contributed by atoms with Crippen molar-refractivity contribution in [2.45, 2.75) is 105 Å². The number of ether oxygens (including phenoxy) is 1. The summed E-state index contributed by atoms with van der Waals surface area (Å²) in [6.45, 7) is 12.2. The van der Waals surface area contributed by atoms with Gasteiger partial charge in [-0.2, -0.15) is 0 Å². The van der Waals surface area contributed by atoms with Gasteiger partial charge in [0.25, 0.3) is 0 Å². The van der Waals surface area contributed by atoms with E-state index in [2.05, 4.69) is 39.8 Å². The fourth-order valence-electron chi connectivity index (χ4n) is 8.59. The summed E-state index contributed by atoms with van der Waals surface area (Å²) < 4.78 is 5.15. The van der Waals surface area contributed by atoms with Crippen molar-refractivity contribution in [3.05, 3.63) is 23.3 Å². The van der Waals surface area contributed by atoms with E-state index in [-0.39, 0.29) is 5.97 Å². The first-order chi connectivity index (χ1) is 14.8. The average Bonchev–Trinajstić information content (AvgIpc) is 3.09. The van der Waals surface area contributed by atoms with Crippen LogP contribution in [0.3, 0.4) is 0 Å². The van der Waals surface area contributed by atoms with Gasteiger partial charge in [-0.3, -0.25) is 4.79 Å². The second kappa shape index (κ2) is 9.06. The van der Waals surface area contributed by atoms with Gasteiger partial charge in [-0.1, -0.05) is 37.1 Å². The Hall–Kier alpha value is -1.05. The maximum Gasteiger partial charge on any atom is 0.305 e. The fourth-order valence-corrected chi connectivity index (χ4v) is 8.59. The molecule has 0 bridgehead atoms.